The number of nitrogens with one attached hydrogen (secondary N) is 1. The van der Waals surface area contributed by atoms with Crippen molar-refractivity contribution in [3.05, 3.63) is 29.8 Å². The Bertz CT molecular complexity index is 612. The first-order valence-corrected chi connectivity index (χ1v) is 7.44. The summed E-state index contributed by atoms with van der Waals surface area (Å²) < 4.78 is 23.9. The van der Waals surface area contributed by atoms with Gasteiger partial charge < -0.3 is 10.4 Å². The smallest absolute Gasteiger partial charge is 0.335 e. The van der Waals surface area contributed by atoms with Crippen LogP contribution in [0.4, 0.5) is 5.69 Å². The first-order valence-electron chi connectivity index (χ1n) is 5.83. The lowest BCUT2D eigenvalue weighted by atomic mass is 10.2. The average Bonchev–Trinajstić information content (AvgIpc) is 2.38. The number of sulfonamides is 1. The van der Waals surface area contributed by atoms with E-state index in [0.717, 1.165) is 4.31 Å². The minimum Gasteiger partial charge on any atom is -0.478 e. The molecule has 0 fully saturated rings. The Morgan fingerprint density at radius 1 is 1.35 bits per heavy atom. The predicted octanol–water partition coefficient (Wildman–Crippen LogP) is 0.605. The number of carbonyl (C=O) groups is 2. The molecule has 0 bridgehead atoms. The molecule has 0 saturated carbocycles. The number of rotatable bonds is 6. The second-order valence-corrected chi connectivity index (χ2v) is 6.46. The highest BCUT2D eigenvalue weighted by Crippen LogP contribution is 2.10. The lowest BCUT2D eigenvalue weighted by molar-refractivity contribution is -0.116. The standard InChI is InChI=1S/C12H16N2O5S/c1-3-20(18,19)14(2)8-11(15)13-10-6-4-5-9(7-10)12(16)17/h4-7H,3,8H2,1-2H3,(H,13,15)(H,16,17). The van der Waals surface area contributed by atoms with Gasteiger partial charge in [0, 0.05) is 12.7 Å². The van der Waals surface area contributed by atoms with Crippen molar-refractivity contribution in [2.75, 3.05) is 24.7 Å². The maximum atomic E-state index is 11.7. The highest BCUT2D eigenvalue weighted by molar-refractivity contribution is 7.89. The van der Waals surface area contributed by atoms with Crippen LogP contribution in [0, 0.1) is 0 Å². The molecule has 7 nitrogen and oxygen atoms in total. The summed E-state index contributed by atoms with van der Waals surface area (Å²) in [6.07, 6.45) is 0. The summed E-state index contributed by atoms with van der Waals surface area (Å²) in [5.74, 6) is -1.73. The van der Waals surface area contributed by atoms with Crippen molar-refractivity contribution in [3.63, 3.8) is 0 Å². The van der Waals surface area contributed by atoms with E-state index in [1.807, 2.05) is 0 Å². The molecular formula is C12H16N2O5S. The van der Waals surface area contributed by atoms with Gasteiger partial charge in [0.1, 0.15) is 0 Å². The third kappa shape index (κ3) is 4.32. The summed E-state index contributed by atoms with van der Waals surface area (Å²) in [5, 5.41) is 11.3. The molecule has 1 amide bonds. The van der Waals surface area contributed by atoms with Crippen LogP contribution in [-0.4, -0.2) is 49.1 Å². The van der Waals surface area contributed by atoms with Crippen molar-refractivity contribution >= 4 is 27.6 Å². The number of amides is 1. The Morgan fingerprint density at radius 2 is 2.00 bits per heavy atom. The van der Waals surface area contributed by atoms with Gasteiger partial charge in [-0.3, -0.25) is 4.79 Å². The minimum absolute atomic E-state index is 0.0392. The van der Waals surface area contributed by atoms with E-state index in [9.17, 15) is 18.0 Å². The molecule has 1 aromatic rings. The number of benzene rings is 1. The Kier molecular flexibility index (Phi) is 5.23. The second kappa shape index (κ2) is 6.49. The first-order chi connectivity index (χ1) is 9.26. The SMILES string of the molecule is CCS(=O)(=O)N(C)CC(=O)Nc1cccc(C(=O)O)c1. The summed E-state index contributed by atoms with van der Waals surface area (Å²) in [4.78, 5) is 22.5. The molecule has 0 spiro atoms. The van der Waals surface area contributed by atoms with E-state index in [2.05, 4.69) is 5.32 Å². The monoisotopic (exact) mass is 300 g/mol. The number of aromatic carboxylic acids is 1. The lowest BCUT2D eigenvalue weighted by Crippen LogP contribution is -2.35. The van der Waals surface area contributed by atoms with Crippen LogP contribution in [0.25, 0.3) is 0 Å². The molecule has 20 heavy (non-hydrogen) atoms. The quantitative estimate of drug-likeness (QED) is 0.801. The fourth-order valence-electron chi connectivity index (χ4n) is 1.45. The molecule has 0 unspecified atom stereocenters. The van der Waals surface area contributed by atoms with Crippen LogP contribution in [0.2, 0.25) is 0 Å². The first kappa shape index (κ1) is 16.1. The van der Waals surface area contributed by atoms with Gasteiger partial charge in [0.25, 0.3) is 0 Å². The summed E-state index contributed by atoms with van der Waals surface area (Å²) in [6, 6.07) is 5.71. The lowest BCUT2D eigenvalue weighted by Gasteiger charge is -2.15. The van der Waals surface area contributed by atoms with Crippen LogP contribution in [0.5, 0.6) is 0 Å². The van der Waals surface area contributed by atoms with E-state index in [1.165, 1.54) is 38.2 Å². The van der Waals surface area contributed by atoms with Crippen molar-refractivity contribution < 1.29 is 23.1 Å². The van der Waals surface area contributed by atoms with Crippen LogP contribution in [-0.2, 0) is 14.8 Å². The number of carbonyl (C=O) groups excluding carboxylic acids is 1. The average molecular weight is 300 g/mol. The van der Waals surface area contributed by atoms with Gasteiger partial charge in [0.15, 0.2) is 0 Å². The molecular weight excluding hydrogens is 284 g/mol. The zero-order chi connectivity index (χ0) is 15.3. The van der Waals surface area contributed by atoms with E-state index < -0.39 is 21.9 Å². The van der Waals surface area contributed by atoms with E-state index in [-0.39, 0.29) is 17.9 Å². The molecule has 110 valence electrons. The molecule has 2 N–H and O–H groups in total. The predicted molar refractivity (Wildman–Crippen MR) is 74.1 cm³/mol. The highest BCUT2D eigenvalue weighted by Gasteiger charge is 2.18. The number of hydrogen-bond donors (Lipinski definition) is 2. The van der Waals surface area contributed by atoms with Gasteiger partial charge >= 0.3 is 5.97 Å². The van der Waals surface area contributed by atoms with Gasteiger partial charge in [-0.05, 0) is 25.1 Å². The molecule has 0 heterocycles. The Balaban J connectivity index is 2.72. The molecule has 8 heteroatoms. The highest BCUT2D eigenvalue weighted by atomic mass is 32.2. The maximum Gasteiger partial charge on any atom is 0.335 e. The van der Waals surface area contributed by atoms with Crippen LogP contribution >= 0.6 is 0 Å². The third-order valence-corrected chi connectivity index (χ3v) is 4.41. The van der Waals surface area contributed by atoms with Crippen molar-refractivity contribution in [1.29, 1.82) is 0 Å². The summed E-state index contributed by atoms with van der Waals surface area (Å²) >= 11 is 0. The van der Waals surface area contributed by atoms with Gasteiger partial charge in [-0.1, -0.05) is 6.07 Å². The van der Waals surface area contributed by atoms with Crippen molar-refractivity contribution in [1.82, 2.24) is 4.31 Å². The van der Waals surface area contributed by atoms with Gasteiger partial charge in [-0.25, -0.2) is 13.2 Å². The molecule has 1 rings (SSSR count). The normalized spacial score (nSPS) is 11.3. The summed E-state index contributed by atoms with van der Waals surface area (Å²) in [7, 11) is -2.12. The second-order valence-electron chi connectivity index (χ2n) is 4.09. The maximum absolute atomic E-state index is 11.7. The Labute approximate surface area is 117 Å². The number of likely N-dealkylation sites (N-methyl/N-ethyl adjacent to an activating group) is 1. The number of hydrogen-bond acceptors (Lipinski definition) is 4. The van der Waals surface area contributed by atoms with Gasteiger partial charge in [-0.2, -0.15) is 4.31 Å². The molecule has 0 atom stereocenters. The zero-order valence-corrected chi connectivity index (χ0v) is 12.0. The fraction of sp³-hybridized carbons (Fsp3) is 0.333. The summed E-state index contributed by atoms with van der Waals surface area (Å²) in [6.45, 7) is 1.16. The molecule has 0 aliphatic rings. The van der Waals surface area contributed by atoms with E-state index >= 15 is 0 Å². The molecule has 1 aromatic carbocycles. The molecule has 0 saturated heterocycles. The minimum atomic E-state index is -3.43. The van der Waals surface area contributed by atoms with Crippen LogP contribution in [0.3, 0.4) is 0 Å². The van der Waals surface area contributed by atoms with E-state index in [0.29, 0.717) is 5.69 Å². The number of anilines is 1. The Hall–Kier alpha value is -1.93. The largest absolute Gasteiger partial charge is 0.478 e. The number of carboxylic acids is 1. The number of nitrogens with zero attached hydrogens (tertiary/aromatic N) is 1. The van der Waals surface area contributed by atoms with E-state index in [4.69, 9.17) is 5.11 Å². The summed E-state index contributed by atoms with van der Waals surface area (Å²) in [5.41, 5.74) is 0.342. The number of carboxylic acid groups (broad SMARTS) is 1. The molecule has 0 radical (unpaired) electrons. The fourth-order valence-corrected chi connectivity index (χ4v) is 2.21. The van der Waals surface area contributed by atoms with Crippen LogP contribution in [0.1, 0.15) is 17.3 Å². The van der Waals surface area contributed by atoms with Gasteiger partial charge in [-0.15, -0.1) is 0 Å². The Morgan fingerprint density at radius 3 is 2.55 bits per heavy atom. The van der Waals surface area contributed by atoms with Crippen molar-refractivity contribution in [2.24, 2.45) is 0 Å². The van der Waals surface area contributed by atoms with E-state index in [1.54, 1.807) is 0 Å². The molecule has 0 aromatic heterocycles. The van der Waals surface area contributed by atoms with Crippen LogP contribution in [0.15, 0.2) is 24.3 Å². The zero-order valence-electron chi connectivity index (χ0n) is 11.2. The third-order valence-electron chi connectivity index (χ3n) is 2.60. The molecule has 0 aliphatic carbocycles. The van der Waals surface area contributed by atoms with Gasteiger partial charge in [0.05, 0.1) is 17.9 Å². The van der Waals surface area contributed by atoms with Crippen molar-refractivity contribution in [3.8, 4) is 0 Å². The molecule has 0 aliphatic heterocycles. The van der Waals surface area contributed by atoms with Crippen molar-refractivity contribution in [2.45, 2.75) is 6.92 Å². The van der Waals surface area contributed by atoms with Gasteiger partial charge in [0.2, 0.25) is 15.9 Å². The topological polar surface area (TPSA) is 104 Å². The van der Waals surface area contributed by atoms with Crippen LogP contribution < -0.4 is 5.32 Å².